The molecule has 0 saturated carbocycles. The van der Waals surface area contributed by atoms with E-state index in [1.807, 2.05) is 22.8 Å². The Morgan fingerprint density at radius 2 is 1.93 bits per heavy atom. The predicted octanol–water partition coefficient (Wildman–Crippen LogP) is 4.51. The van der Waals surface area contributed by atoms with Gasteiger partial charge in [0.2, 0.25) is 5.95 Å². The van der Waals surface area contributed by atoms with Crippen molar-refractivity contribution in [1.29, 1.82) is 0 Å². The molecule has 242 valence electrons. The van der Waals surface area contributed by atoms with E-state index in [1.165, 1.54) is 6.92 Å². The molecule has 16 heteroatoms. The fourth-order valence-electron chi connectivity index (χ4n) is 6.59. The van der Waals surface area contributed by atoms with E-state index in [0.29, 0.717) is 44.2 Å². The van der Waals surface area contributed by atoms with Gasteiger partial charge < -0.3 is 36.1 Å². The molecule has 1 aromatic carbocycles. The summed E-state index contributed by atoms with van der Waals surface area (Å²) < 4.78 is 71.9. The monoisotopic (exact) mass is 659 g/mol. The molecule has 0 amide bonds. The highest BCUT2D eigenvalue weighted by Gasteiger charge is 2.46. The van der Waals surface area contributed by atoms with Crippen LogP contribution in [0.4, 0.5) is 41.0 Å². The van der Waals surface area contributed by atoms with Crippen molar-refractivity contribution in [1.82, 2.24) is 25.3 Å². The summed E-state index contributed by atoms with van der Waals surface area (Å²) in [5, 5.41) is 3.19. The lowest BCUT2D eigenvalue weighted by molar-refractivity contribution is -0.137. The summed E-state index contributed by atoms with van der Waals surface area (Å²) in [6.07, 6.45) is -3.31. The zero-order valence-corrected chi connectivity index (χ0v) is 25.6. The van der Waals surface area contributed by atoms with Gasteiger partial charge in [-0.1, -0.05) is 17.7 Å². The van der Waals surface area contributed by atoms with Gasteiger partial charge >= 0.3 is 6.18 Å². The van der Waals surface area contributed by atoms with Crippen molar-refractivity contribution in [2.24, 2.45) is 0 Å². The van der Waals surface area contributed by atoms with Crippen LogP contribution in [0, 0.1) is 12.7 Å². The van der Waals surface area contributed by atoms with Gasteiger partial charge in [-0.2, -0.15) is 18.2 Å². The fourth-order valence-corrected chi connectivity index (χ4v) is 6.91. The van der Waals surface area contributed by atoms with Crippen molar-refractivity contribution in [2.45, 2.75) is 31.6 Å². The highest BCUT2D eigenvalue weighted by atomic mass is 35.5. The number of aryl methyl sites for hydroxylation is 1. The minimum atomic E-state index is -4.89. The molecule has 3 aliphatic heterocycles. The van der Waals surface area contributed by atoms with Crippen molar-refractivity contribution in [3.63, 3.8) is 0 Å². The Balaban J connectivity index is 1.48. The first-order chi connectivity index (χ1) is 21.9. The molecule has 7 rings (SSSR count). The topological polar surface area (TPSA) is 141 Å². The van der Waals surface area contributed by atoms with E-state index in [-0.39, 0.29) is 58.5 Å². The zero-order valence-electron chi connectivity index (χ0n) is 24.9. The molecule has 3 aliphatic rings. The van der Waals surface area contributed by atoms with Crippen LogP contribution in [0.15, 0.2) is 24.4 Å². The Hall–Kier alpha value is -4.21. The first-order valence-electron chi connectivity index (χ1n) is 14.6. The summed E-state index contributed by atoms with van der Waals surface area (Å²) in [6, 6.07) is 4.25. The van der Waals surface area contributed by atoms with Crippen LogP contribution >= 0.6 is 11.6 Å². The first kappa shape index (κ1) is 30.4. The normalized spacial score (nSPS) is 18.3. The smallest absolute Gasteiger partial charge is 0.418 e. The highest BCUT2D eigenvalue weighted by Crippen LogP contribution is 2.51. The van der Waals surface area contributed by atoms with E-state index in [4.69, 9.17) is 37.5 Å². The average molecular weight is 660 g/mol. The lowest BCUT2D eigenvalue weighted by atomic mass is 9.90. The van der Waals surface area contributed by atoms with Crippen LogP contribution in [0.2, 0.25) is 5.02 Å². The molecule has 0 unspecified atom stereocenters. The summed E-state index contributed by atoms with van der Waals surface area (Å²) in [5.74, 6) is -0.608. The lowest BCUT2D eigenvalue weighted by Crippen LogP contribution is -2.74. The van der Waals surface area contributed by atoms with Gasteiger partial charge in [0.1, 0.15) is 29.6 Å². The van der Waals surface area contributed by atoms with Gasteiger partial charge in [0, 0.05) is 31.4 Å². The molecular weight excluding hydrogens is 630 g/mol. The first-order valence-corrected chi connectivity index (χ1v) is 15.0. The minimum absolute atomic E-state index is 0.0414. The maximum Gasteiger partial charge on any atom is 0.418 e. The summed E-state index contributed by atoms with van der Waals surface area (Å²) in [5.41, 5.74) is 9.48. The standard InChI is InChI=1S/C30H30ClF4N9O2/c1-14-10-17(36)40-23(20(14)30(33,34)35)18-21(31)25-19-24(22(18)32)41-28(43-11-29(12-43)13-45-8-6-39-29)42-27(19)44(7-9-46-25)15(2)16-4-3-5-38-26(16)37/h3-5,10,15,39H,6-9,11-13H2,1-2H3,(H2,36,40)(H2,37,38)/t15-/m1/s1. The number of anilines is 4. The Morgan fingerprint density at radius 3 is 2.63 bits per heavy atom. The van der Waals surface area contributed by atoms with Crippen LogP contribution in [0.25, 0.3) is 22.2 Å². The molecular formula is C30H30ClF4N9O2. The maximum atomic E-state index is 17.0. The molecule has 2 saturated heterocycles. The predicted molar refractivity (Wildman–Crippen MR) is 166 cm³/mol. The van der Waals surface area contributed by atoms with Crippen LogP contribution in [0.1, 0.15) is 29.7 Å². The highest BCUT2D eigenvalue weighted by molar-refractivity contribution is 6.36. The average Bonchev–Trinajstić information content (AvgIpc) is 3.18. The van der Waals surface area contributed by atoms with Crippen LogP contribution < -0.4 is 31.3 Å². The summed E-state index contributed by atoms with van der Waals surface area (Å²) in [4.78, 5) is 21.4. The Kier molecular flexibility index (Phi) is 7.25. The van der Waals surface area contributed by atoms with Gasteiger partial charge in [-0.05, 0) is 31.5 Å². The van der Waals surface area contributed by atoms with E-state index in [0.717, 1.165) is 6.07 Å². The number of nitrogens with one attached hydrogen (secondary N) is 1. The van der Waals surface area contributed by atoms with Crippen molar-refractivity contribution in [3.8, 4) is 17.0 Å². The number of benzene rings is 1. The fraction of sp³-hybridized carbons (Fsp3) is 0.400. The Labute approximate surface area is 265 Å². The molecule has 1 spiro atoms. The molecule has 46 heavy (non-hydrogen) atoms. The Morgan fingerprint density at radius 1 is 1.15 bits per heavy atom. The number of alkyl halides is 3. The zero-order chi connectivity index (χ0) is 32.5. The number of aromatic nitrogens is 4. The van der Waals surface area contributed by atoms with E-state index in [2.05, 4.69) is 20.3 Å². The molecule has 2 fully saturated rings. The number of pyridine rings is 2. The van der Waals surface area contributed by atoms with Gasteiger partial charge in [0.05, 0.1) is 58.6 Å². The molecule has 0 bridgehead atoms. The van der Waals surface area contributed by atoms with Gasteiger partial charge in [0.15, 0.2) is 11.6 Å². The van der Waals surface area contributed by atoms with Crippen LogP contribution in [0.3, 0.4) is 0 Å². The second kappa shape index (κ2) is 11.0. The second-order valence-corrected chi connectivity index (χ2v) is 12.2. The largest absolute Gasteiger partial charge is 0.489 e. The van der Waals surface area contributed by atoms with E-state index < -0.39 is 39.9 Å². The number of hydrogen-bond donors (Lipinski definition) is 3. The molecule has 0 aliphatic carbocycles. The third kappa shape index (κ3) is 4.88. The number of hydrogen-bond acceptors (Lipinski definition) is 11. The van der Waals surface area contributed by atoms with Crippen molar-refractivity contribution >= 4 is 45.9 Å². The molecule has 5 N–H and O–H groups in total. The van der Waals surface area contributed by atoms with E-state index in [9.17, 15) is 13.2 Å². The van der Waals surface area contributed by atoms with Gasteiger partial charge in [0.25, 0.3) is 0 Å². The van der Waals surface area contributed by atoms with Crippen LogP contribution in [-0.4, -0.2) is 71.5 Å². The number of nitrogens with zero attached hydrogens (tertiary/aromatic N) is 6. The third-order valence-electron chi connectivity index (χ3n) is 8.74. The van der Waals surface area contributed by atoms with E-state index in [1.54, 1.807) is 12.3 Å². The number of nitrogens with two attached hydrogens (primary N) is 2. The van der Waals surface area contributed by atoms with Crippen LogP contribution in [-0.2, 0) is 10.9 Å². The lowest BCUT2D eigenvalue weighted by Gasteiger charge is -2.52. The molecule has 1 atom stereocenters. The van der Waals surface area contributed by atoms with Crippen molar-refractivity contribution in [3.05, 3.63) is 51.9 Å². The number of rotatable bonds is 4. The number of morpholine rings is 1. The number of nitrogen functional groups attached to an aromatic ring is 2. The maximum absolute atomic E-state index is 17.0. The van der Waals surface area contributed by atoms with Crippen molar-refractivity contribution in [2.75, 3.05) is 67.3 Å². The second-order valence-electron chi connectivity index (χ2n) is 11.8. The minimum Gasteiger partial charge on any atom is -0.489 e. The van der Waals surface area contributed by atoms with Gasteiger partial charge in [-0.25, -0.2) is 19.3 Å². The van der Waals surface area contributed by atoms with Crippen molar-refractivity contribution < 1.29 is 27.0 Å². The summed E-state index contributed by atoms with van der Waals surface area (Å²) >= 11 is 6.79. The Bertz CT molecular complexity index is 1860. The number of ether oxygens (including phenoxy) is 2. The molecule has 0 radical (unpaired) electrons. The van der Waals surface area contributed by atoms with Crippen LogP contribution in [0.5, 0.6) is 5.75 Å². The molecule has 6 heterocycles. The van der Waals surface area contributed by atoms with Gasteiger partial charge in [-0.15, -0.1) is 0 Å². The van der Waals surface area contributed by atoms with E-state index >= 15 is 4.39 Å². The molecule has 11 nitrogen and oxygen atoms in total. The summed E-state index contributed by atoms with van der Waals surface area (Å²) in [7, 11) is 0. The summed E-state index contributed by atoms with van der Waals surface area (Å²) in [6.45, 7) is 6.14. The molecule has 4 aromatic rings. The number of halogens is 5. The SMILES string of the molecule is Cc1cc(N)nc(-c2c(Cl)c3c4c(nc(N5CC6(COCCN6)C5)nc4c2F)N([C@H](C)c2cccnc2N)CCO3)c1C(F)(F)F. The quantitative estimate of drug-likeness (QED) is 0.267. The molecule has 3 aromatic heterocycles. The van der Waals surface area contributed by atoms with Gasteiger partial charge in [-0.3, -0.25) is 0 Å². The third-order valence-corrected chi connectivity index (χ3v) is 9.10.